The highest BCUT2D eigenvalue weighted by molar-refractivity contribution is 7.98. The van der Waals surface area contributed by atoms with Crippen LogP contribution in [0.4, 0.5) is 0 Å². The van der Waals surface area contributed by atoms with E-state index in [1.54, 1.807) is 16.3 Å². The Hall–Kier alpha value is -3.11. The van der Waals surface area contributed by atoms with Crippen molar-refractivity contribution in [3.8, 4) is 6.07 Å². The molecule has 0 spiro atoms. The maximum atomic E-state index is 13.0. The van der Waals surface area contributed by atoms with E-state index in [4.69, 9.17) is 5.26 Å². The van der Waals surface area contributed by atoms with Crippen LogP contribution in [0.3, 0.4) is 0 Å². The number of hydrogen-bond donors (Lipinski definition) is 0. The van der Waals surface area contributed by atoms with Gasteiger partial charge in [-0.25, -0.2) is 0 Å². The van der Waals surface area contributed by atoms with E-state index in [0.717, 1.165) is 35.5 Å². The number of nitriles is 1. The number of hydrogen-bond acceptors (Lipinski definition) is 5. The van der Waals surface area contributed by atoms with Crippen molar-refractivity contribution < 1.29 is 0 Å². The van der Waals surface area contributed by atoms with Crippen LogP contribution in [-0.2, 0) is 12.3 Å². The third-order valence-electron chi connectivity index (χ3n) is 4.91. The fraction of sp³-hybridized carbons (Fsp3) is 0.273. The lowest BCUT2D eigenvalue weighted by atomic mass is 10.2. The topological polar surface area (TPSA) is 76.0 Å². The predicted octanol–water partition coefficient (Wildman–Crippen LogP) is 4.40. The second-order valence-corrected chi connectivity index (χ2v) is 7.84. The van der Waals surface area contributed by atoms with Gasteiger partial charge in [0.15, 0.2) is 5.16 Å². The van der Waals surface area contributed by atoms with Gasteiger partial charge in [0, 0.05) is 12.3 Å². The third kappa shape index (κ3) is 3.76. The molecule has 0 fully saturated rings. The fourth-order valence-electron chi connectivity index (χ4n) is 3.37. The first-order valence-electron chi connectivity index (χ1n) is 9.71. The smallest absolute Gasteiger partial charge is 0.262 e. The molecule has 0 aliphatic carbocycles. The summed E-state index contributed by atoms with van der Waals surface area (Å²) in [5, 5.41) is 19.1. The lowest BCUT2D eigenvalue weighted by Gasteiger charge is -2.11. The zero-order valence-electron chi connectivity index (χ0n) is 16.2. The van der Waals surface area contributed by atoms with Gasteiger partial charge in [0.1, 0.15) is 0 Å². The number of unbranched alkanes of at least 4 members (excludes halogenated alkanes) is 2. The largest absolute Gasteiger partial charge is 0.276 e. The number of nitrogens with zero attached hydrogens (tertiary/aromatic N) is 5. The first kappa shape index (κ1) is 19.2. The van der Waals surface area contributed by atoms with Crippen molar-refractivity contribution in [3.05, 3.63) is 70.0 Å². The fourth-order valence-corrected chi connectivity index (χ4v) is 4.27. The maximum absolute atomic E-state index is 13.0. The highest BCUT2D eigenvalue weighted by Crippen LogP contribution is 2.25. The van der Waals surface area contributed by atoms with Crippen LogP contribution < -0.4 is 5.56 Å². The highest BCUT2D eigenvalue weighted by atomic mass is 32.2. The van der Waals surface area contributed by atoms with Gasteiger partial charge in [-0.1, -0.05) is 55.8 Å². The third-order valence-corrected chi connectivity index (χ3v) is 5.91. The van der Waals surface area contributed by atoms with E-state index in [-0.39, 0.29) is 5.56 Å². The first-order valence-corrected chi connectivity index (χ1v) is 10.7. The minimum Gasteiger partial charge on any atom is -0.276 e. The molecule has 0 aliphatic heterocycles. The van der Waals surface area contributed by atoms with Crippen LogP contribution in [0.2, 0.25) is 0 Å². The molecule has 2 aromatic carbocycles. The van der Waals surface area contributed by atoms with Crippen LogP contribution in [0.25, 0.3) is 16.7 Å². The van der Waals surface area contributed by atoms with Crippen molar-refractivity contribution in [3.63, 3.8) is 0 Å². The molecule has 0 atom stereocenters. The summed E-state index contributed by atoms with van der Waals surface area (Å²) in [7, 11) is 0. The van der Waals surface area contributed by atoms with Gasteiger partial charge in [0.2, 0.25) is 5.78 Å². The zero-order chi connectivity index (χ0) is 20.2. The van der Waals surface area contributed by atoms with Gasteiger partial charge in [-0.15, -0.1) is 10.2 Å². The summed E-state index contributed by atoms with van der Waals surface area (Å²) in [6.45, 7) is 2.78. The van der Waals surface area contributed by atoms with Crippen molar-refractivity contribution in [2.45, 2.75) is 43.6 Å². The monoisotopic (exact) mass is 403 g/mol. The SMILES string of the molecule is CCCCCn1c(=O)c2ccccc2n2c(SCc3ccc(C#N)cc3)nnc12. The number of aryl methyl sites for hydroxylation is 1. The summed E-state index contributed by atoms with van der Waals surface area (Å²) in [5.74, 6) is 1.29. The Labute approximate surface area is 172 Å². The molecule has 29 heavy (non-hydrogen) atoms. The molecule has 0 aliphatic rings. The summed E-state index contributed by atoms with van der Waals surface area (Å²) in [5.41, 5.74) is 2.56. The van der Waals surface area contributed by atoms with E-state index >= 15 is 0 Å². The average Bonchev–Trinajstić information content (AvgIpc) is 3.19. The standard InChI is InChI=1S/C22H21N5OS/c1-2-3-6-13-26-20(28)18-7-4-5-8-19(18)27-21(26)24-25-22(27)29-15-17-11-9-16(14-23)10-12-17/h4-5,7-12H,2-3,6,13,15H2,1H3. The van der Waals surface area contributed by atoms with Crippen LogP contribution >= 0.6 is 11.8 Å². The summed E-state index contributed by atoms with van der Waals surface area (Å²) in [4.78, 5) is 13.0. The average molecular weight is 404 g/mol. The molecule has 0 saturated heterocycles. The van der Waals surface area contributed by atoms with Crippen molar-refractivity contribution in [2.24, 2.45) is 0 Å². The Bertz CT molecular complexity index is 1250. The van der Waals surface area contributed by atoms with Gasteiger partial charge >= 0.3 is 0 Å². The van der Waals surface area contributed by atoms with Crippen LogP contribution in [0, 0.1) is 11.3 Å². The van der Waals surface area contributed by atoms with Gasteiger partial charge in [-0.05, 0) is 36.2 Å². The van der Waals surface area contributed by atoms with Crippen molar-refractivity contribution in [1.29, 1.82) is 5.26 Å². The number of aromatic nitrogens is 4. The van der Waals surface area contributed by atoms with Crippen LogP contribution in [0.5, 0.6) is 0 Å². The van der Waals surface area contributed by atoms with Crippen LogP contribution in [0.1, 0.15) is 37.3 Å². The molecule has 0 amide bonds. The van der Waals surface area contributed by atoms with Gasteiger partial charge in [0.25, 0.3) is 5.56 Å². The molecule has 146 valence electrons. The molecule has 0 saturated carbocycles. The Morgan fingerprint density at radius 3 is 2.62 bits per heavy atom. The van der Waals surface area contributed by atoms with Gasteiger partial charge < -0.3 is 0 Å². The molecular weight excluding hydrogens is 382 g/mol. The van der Waals surface area contributed by atoms with Crippen LogP contribution in [0.15, 0.2) is 58.5 Å². The maximum Gasteiger partial charge on any atom is 0.262 e. The zero-order valence-corrected chi connectivity index (χ0v) is 17.0. The molecule has 0 N–H and O–H groups in total. The predicted molar refractivity (Wildman–Crippen MR) is 115 cm³/mol. The van der Waals surface area contributed by atoms with Gasteiger partial charge in [0.05, 0.1) is 22.5 Å². The Kier molecular flexibility index (Phi) is 5.63. The lowest BCUT2D eigenvalue weighted by Crippen LogP contribution is -2.23. The van der Waals surface area contributed by atoms with Crippen LogP contribution in [-0.4, -0.2) is 19.2 Å². The van der Waals surface area contributed by atoms with E-state index in [2.05, 4.69) is 23.2 Å². The second-order valence-electron chi connectivity index (χ2n) is 6.90. The molecule has 7 heteroatoms. The Balaban J connectivity index is 1.75. The van der Waals surface area contributed by atoms with E-state index in [1.165, 1.54) is 0 Å². The molecule has 4 rings (SSSR count). The Morgan fingerprint density at radius 2 is 1.86 bits per heavy atom. The van der Waals surface area contributed by atoms with E-state index < -0.39 is 0 Å². The summed E-state index contributed by atoms with van der Waals surface area (Å²) < 4.78 is 3.73. The molecule has 0 radical (unpaired) electrons. The first-order chi connectivity index (χ1) is 14.2. The minimum absolute atomic E-state index is 0.0137. The molecule has 2 heterocycles. The summed E-state index contributed by atoms with van der Waals surface area (Å²) in [6, 6.07) is 17.3. The Morgan fingerprint density at radius 1 is 1.07 bits per heavy atom. The molecule has 0 bridgehead atoms. The normalized spacial score (nSPS) is 11.2. The van der Waals surface area contributed by atoms with E-state index in [9.17, 15) is 4.79 Å². The number of para-hydroxylation sites is 1. The van der Waals surface area contributed by atoms with Crippen molar-refractivity contribution >= 4 is 28.4 Å². The van der Waals surface area contributed by atoms with E-state index in [0.29, 0.717) is 29.0 Å². The number of thioether (sulfide) groups is 1. The van der Waals surface area contributed by atoms with Crippen molar-refractivity contribution in [2.75, 3.05) is 0 Å². The molecule has 0 unspecified atom stereocenters. The number of rotatable bonds is 7. The minimum atomic E-state index is -0.0137. The lowest BCUT2D eigenvalue weighted by molar-refractivity contribution is 0.594. The number of fused-ring (bicyclic) bond motifs is 3. The summed E-state index contributed by atoms with van der Waals surface area (Å²) in [6.07, 6.45) is 3.10. The van der Waals surface area contributed by atoms with E-state index in [1.807, 2.05) is 52.9 Å². The quantitative estimate of drug-likeness (QED) is 0.338. The highest BCUT2D eigenvalue weighted by Gasteiger charge is 2.16. The molecule has 2 aromatic heterocycles. The molecule has 4 aromatic rings. The second kappa shape index (κ2) is 8.50. The van der Waals surface area contributed by atoms with Crippen molar-refractivity contribution in [1.82, 2.24) is 19.2 Å². The molecular formula is C22H21N5OS. The summed E-state index contributed by atoms with van der Waals surface area (Å²) >= 11 is 1.57. The molecule has 6 nitrogen and oxygen atoms in total. The van der Waals surface area contributed by atoms with Gasteiger partial charge in [-0.2, -0.15) is 5.26 Å². The van der Waals surface area contributed by atoms with Gasteiger partial charge in [-0.3, -0.25) is 13.8 Å². The number of benzene rings is 2.